The van der Waals surface area contributed by atoms with E-state index in [1.807, 2.05) is 55.8 Å². The predicted molar refractivity (Wildman–Crippen MR) is 104 cm³/mol. The third-order valence-corrected chi connectivity index (χ3v) is 3.86. The van der Waals surface area contributed by atoms with E-state index in [9.17, 15) is 9.90 Å². The number of hydrogen-bond acceptors (Lipinski definition) is 4. The SMILES string of the molecule is CC.Cc1cn(-c2ccc(OCCC(C)(C)O)cc2)c2c(=O)[nH]cnc12. The average Bonchev–Trinajstić information content (AvgIpc) is 2.95. The Morgan fingerprint density at radius 1 is 1.23 bits per heavy atom. The van der Waals surface area contributed by atoms with Crippen LogP contribution in [0.1, 0.15) is 39.7 Å². The number of aryl methyl sites for hydroxylation is 1. The number of hydrogen-bond donors (Lipinski definition) is 2. The first-order chi connectivity index (χ1) is 12.3. The molecule has 2 aromatic heterocycles. The summed E-state index contributed by atoms with van der Waals surface area (Å²) < 4.78 is 7.47. The van der Waals surface area contributed by atoms with Gasteiger partial charge in [0.2, 0.25) is 0 Å². The lowest BCUT2D eigenvalue weighted by Gasteiger charge is -2.17. The van der Waals surface area contributed by atoms with Gasteiger partial charge in [0.25, 0.3) is 5.56 Å². The van der Waals surface area contributed by atoms with Crippen molar-refractivity contribution < 1.29 is 9.84 Å². The molecule has 0 amide bonds. The Kier molecular flexibility index (Phi) is 6.21. The number of aromatic amines is 1. The van der Waals surface area contributed by atoms with Crippen LogP contribution in [-0.2, 0) is 0 Å². The summed E-state index contributed by atoms with van der Waals surface area (Å²) in [4.78, 5) is 19.0. The van der Waals surface area contributed by atoms with Gasteiger partial charge in [0, 0.05) is 18.3 Å². The summed E-state index contributed by atoms with van der Waals surface area (Å²) in [6, 6.07) is 7.49. The van der Waals surface area contributed by atoms with Gasteiger partial charge >= 0.3 is 0 Å². The highest BCUT2D eigenvalue weighted by molar-refractivity contribution is 5.80. The van der Waals surface area contributed by atoms with Gasteiger partial charge in [-0.15, -0.1) is 0 Å². The summed E-state index contributed by atoms with van der Waals surface area (Å²) >= 11 is 0. The first-order valence-corrected chi connectivity index (χ1v) is 8.86. The van der Waals surface area contributed by atoms with Gasteiger partial charge in [-0.05, 0) is 50.6 Å². The number of nitrogens with one attached hydrogen (secondary N) is 1. The van der Waals surface area contributed by atoms with E-state index in [-0.39, 0.29) is 5.56 Å². The standard InChI is InChI=1S/C18H21N3O3.C2H6/c1-12-10-21(16-15(12)19-11-20-17(16)22)13-4-6-14(7-5-13)24-9-8-18(2,3)23;1-2/h4-7,10-11,23H,8-9H2,1-3H3,(H,19,20,22);1-2H3. The number of aromatic nitrogens is 3. The maximum Gasteiger partial charge on any atom is 0.275 e. The van der Waals surface area contributed by atoms with Crippen LogP contribution in [-0.4, -0.2) is 31.8 Å². The van der Waals surface area contributed by atoms with Crippen molar-refractivity contribution in [3.63, 3.8) is 0 Å². The second-order valence-corrected chi connectivity index (χ2v) is 6.52. The van der Waals surface area contributed by atoms with Gasteiger partial charge in [-0.1, -0.05) is 13.8 Å². The zero-order valence-corrected chi connectivity index (χ0v) is 16.0. The fourth-order valence-electron chi connectivity index (χ4n) is 2.55. The second-order valence-electron chi connectivity index (χ2n) is 6.52. The number of aliphatic hydroxyl groups is 1. The van der Waals surface area contributed by atoms with Crippen LogP contribution in [0.5, 0.6) is 5.75 Å². The van der Waals surface area contributed by atoms with E-state index >= 15 is 0 Å². The Labute approximate surface area is 153 Å². The van der Waals surface area contributed by atoms with E-state index < -0.39 is 5.60 Å². The minimum atomic E-state index is -0.741. The Balaban J connectivity index is 0.00000117. The molecule has 0 unspecified atom stereocenters. The van der Waals surface area contributed by atoms with Gasteiger partial charge < -0.3 is 19.4 Å². The minimum Gasteiger partial charge on any atom is -0.493 e. The van der Waals surface area contributed by atoms with E-state index in [0.29, 0.717) is 24.1 Å². The van der Waals surface area contributed by atoms with E-state index in [4.69, 9.17) is 4.74 Å². The molecule has 0 aliphatic carbocycles. The summed E-state index contributed by atoms with van der Waals surface area (Å²) in [6.07, 6.45) is 3.87. The summed E-state index contributed by atoms with van der Waals surface area (Å²) in [5.74, 6) is 0.725. The molecule has 6 nitrogen and oxygen atoms in total. The molecule has 26 heavy (non-hydrogen) atoms. The van der Waals surface area contributed by atoms with Crippen molar-refractivity contribution in [2.24, 2.45) is 0 Å². The molecule has 0 saturated heterocycles. The smallest absolute Gasteiger partial charge is 0.275 e. The molecule has 1 aromatic carbocycles. The molecule has 6 heteroatoms. The highest BCUT2D eigenvalue weighted by atomic mass is 16.5. The molecule has 2 heterocycles. The Bertz CT molecular complexity index is 903. The Morgan fingerprint density at radius 2 is 1.88 bits per heavy atom. The largest absolute Gasteiger partial charge is 0.493 e. The number of ether oxygens (including phenoxy) is 1. The van der Waals surface area contributed by atoms with Crippen LogP contribution in [0.15, 0.2) is 41.6 Å². The fourth-order valence-corrected chi connectivity index (χ4v) is 2.55. The van der Waals surface area contributed by atoms with Gasteiger partial charge in [-0.2, -0.15) is 0 Å². The van der Waals surface area contributed by atoms with Crippen molar-refractivity contribution >= 4 is 11.0 Å². The van der Waals surface area contributed by atoms with Crippen molar-refractivity contribution in [2.75, 3.05) is 6.61 Å². The van der Waals surface area contributed by atoms with Crippen LogP contribution in [0.2, 0.25) is 0 Å². The van der Waals surface area contributed by atoms with Crippen LogP contribution in [0, 0.1) is 6.92 Å². The van der Waals surface area contributed by atoms with Crippen LogP contribution in [0.3, 0.4) is 0 Å². The van der Waals surface area contributed by atoms with E-state index in [2.05, 4.69) is 9.97 Å². The molecule has 140 valence electrons. The Hall–Kier alpha value is -2.60. The van der Waals surface area contributed by atoms with Crippen molar-refractivity contribution in [1.82, 2.24) is 14.5 Å². The average molecular weight is 357 g/mol. The van der Waals surface area contributed by atoms with E-state index in [0.717, 1.165) is 17.0 Å². The molecule has 0 atom stereocenters. The molecule has 2 N–H and O–H groups in total. The zero-order chi connectivity index (χ0) is 19.3. The molecule has 0 aliphatic heterocycles. The lowest BCUT2D eigenvalue weighted by atomic mass is 10.1. The third kappa shape index (κ3) is 4.52. The first-order valence-electron chi connectivity index (χ1n) is 8.86. The maximum atomic E-state index is 12.1. The molecular weight excluding hydrogens is 330 g/mol. The summed E-state index contributed by atoms with van der Waals surface area (Å²) in [6.45, 7) is 9.88. The van der Waals surface area contributed by atoms with Crippen molar-refractivity contribution in [3.05, 3.63) is 52.7 Å². The summed E-state index contributed by atoms with van der Waals surface area (Å²) in [5.41, 5.74) is 2.13. The van der Waals surface area contributed by atoms with Gasteiger partial charge in [0.1, 0.15) is 11.3 Å². The van der Waals surface area contributed by atoms with Crippen LogP contribution < -0.4 is 10.3 Å². The number of nitrogens with zero attached hydrogens (tertiary/aromatic N) is 2. The fraction of sp³-hybridized carbons (Fsp3) is 0.400. The van der Waals surface area contributed by atoms with Gasteiger partial charge in [0.15, 0.2) is 0 Å². The number of fused-ring (bicyclic) bond motifs is 1. The molecule has 3 rings (SSSR count). The third-order valence-electron chi connectivity index (χ3n) is 3.86. The van der Waals surface area contributed by atoms with E-state index in [1.54, 1.807) is 13.8 Å². The van der Waals surface area contributed by atoms with Crippen molar-refractivity contribution in [2.45, 2.75) is 46.6 Å². The monoisotopic (exact) mass is 357 g/mol. The summed E-state index contributed by atoms with van der Waals surface area (Å²) in [5, 5.41) is 9.70. The molecular formula is C20H27N3O3. The highest BCUT2D eigenvalue weighted by Crippen LogP contribution is 2.22. The van der Waals surface area contributed by atoms with Gasteiger partial charge in [-0.25, -0.2) is 4.98 Å². The van der Waals surface area contributed by atoms with Crippen molar-refractivity contribution in [1.29, 1.82) is 0 Å². The molecule has 0 fully saturated rings. The van der Waals surface area contributed by atoms with Crippen LogP contribution in [0.25, 0.3) is 16.7 Å². The predicted octanol–water partition coefficient (Wildman–Crippen LogP) is 3.59. The van der Waals surface area contributed by atoms with Gasteiger partial charge in [-0.3, -0.25) is 4.79 Å². The molecule has 3 aromatic rings. The molecule has 0 spiro atoms. The maximum absolute atomic E-state index is 12.1. The minimum absolute atomic E-state index is 0.168. The molecule has 0 aliphatic rings. The number of benzene rings is 1. The lowest BCUT2D eigenvalue weighted by molar-refractivity contribution is 0.0553. The Morgan fingerprint density at radius 3 is 2.50 bits per heavy atom. The molecule has 0 saturated carbocycles. The number of rotatable bonds is 5. The van der Waals surface area contributed by atoms with Gasteiger partial charge in [0.05, 0.1) is 24.1 Å². The normalized spacial score (nSPS) is 11.2. The van der Waals surface area contributed by atoms with Crippen LogP contribution in [0.4, 0.5) is 0 Å². The zero-order valence-electron chi connectivity index (χ0n) is 16.0. The van der Waals surface area contributed by atoms with E-state index in [1.165, 1.54) is 6.33 Å². The topological polar surface area (TPSA) is 80.1 Å². The molecule has 0 bridgehead atoms. The number of H-pyrrole nitrogens is 1. The van der Waals surface area contributed by atoms with Crippen molar-refractivity contribution in [3.8, 4) is 11.4 Å². The molecule has 0 radical (unpaired) electrons. The highest BCUT2D eigenvalue weighted by Gasteiger charge is 2.13. The second kappa shape index (κ2) is 8.19. The first kappa shape index (κ1) is 19.7. The quantitative estimate of drug-likeness (QED) is 0.731. The lowest BCUT2D eigenvalue weighted by Crippen LogP contribution is -2.21. The summed E-state index contributed by atoms with van der Waals surface area (Å²) in [7, 11) is 0. The van der Waals surface area contributed by atoms with Crippen LogP contribution >= 0.6 is 0 Å².